The number of rotatable bonds is 5. The molecule has 1 fully saturated rings. The number of anilines is 1. The standard InChI is InChI=1S/C23H28N2O3S/c1-24(22-13-7-9-18-8-5-6-12-21(18)22)16-23(26)25(19-10-3-2-4-11-19)20-14-15-29(27,28)17-20/h2-6,8,10-12,20,22H,7,9,13-17H2,1H3/t20-,22-/m1/s1. The first-order valence-electron chi connectivity index (χ1n) is 10.3. The van der Waals surface area contributed by atoms with Crippen LogP contribution in [0.2, 0.25) is 0 Å². The van der Waals surface area contributed by atoms with Crippen LogP contribution in [0.15, 0.2) is 54.6 Å². The Morgan fingerprint density at radius 3 is 2.48 bits per heavy atom. The van der Waals surface area contributed by atoms with Gasteiger partial charge in [0.05, 0.1) is 24.1 Å². The Balaban J connectivity index is 1.56. The molecule has 4 rings (SSSR count). The molecular weight excluding hydrogens is 384 g/mol. The van der Waals surface area contributed by atoms with Gasteiger partial charge in [0.2, 0.25) is 5.91 Å². The van der Waals surface area contributed by atoms with Crippen LogP contribution in [0.5, 0.6) is 0 Å². The summed E-state index contributed by atoms with van der Waals surface area (Å²) in [6, 6.07) is 17.9. The molecule has 29 heavy (non-hydrogen) atoms. The Morgan fingerprint density at radius 1 is 1.03 bits per heavy atom. The van der Waals surface area contributed by atoms with Crippen molar-refractivity contribution in [3.63, 3.8) is 0 Å². The van der Waals surface area contributed by atoms with E-state index in [0.29, 0.717) is 6.42 Å². The van der Waals surface area contributed by atoms with Gasteiger partial charge in [-0.2, -0.15) is 0 Å². The molecule has 2 aliphatic rings. The number of hydrogen-bond donors (Lipinski definition) is 0. The van der Waals surface area contributed by atoms with Crippen LogP contribution in [-0.2, 0) is 21.1 Å². The minimum absolute atomic E-state index is 0.0381. The lowest BCUT2D eigenvalue weighted by atomic mass is 9.87. The summed E-state index contributed by atoms with van der Waals surface area (Å²) >= 11 is 0. The molecular formula is C23H28N2O3S. The van der Waals surface area contributed by atoms with E-state index in [9.17, 15) is 13.2 Å². The smallest absolute Gasteiger partial charge is 0.241 e. The number of benzene rings is 2. The van der Waals surface area contributed by atoms with Crippen molar-refractivity contribution >= 4 is 21.4 Å². The molecule has 154 valence electrons. The largest absolute Gasteiger partial charge is 0.307 e. The average molecular weight is 413 g/mol. The molecule has 2 atom stereocenters. The predicted octanol–water partition coefficient (Wildman–Crippen LogP) is 3.22. The van der Waals surface area contributed by atoms with Crippen LogP contribution >= 0.6 is 0 Å². The van der Waals surface area contributed by atoms with E-state index >= 15 is 0 Å². The van der Waals surface area contributed by atoms with Crippen LogP contribution in [0, 0.1) is 0 Å². The van der Waals surface area contributed by atoms with Crippen LogP contribution in [0.4, 0.5) is 5.69 Å². The molecule has 0 bridgehead atoms. The molecule has 6 heteroatoms. The van der Waals surface area contributed by atoms with Gasteiger partial charge in [-0.15, -0.1) is 0 Å². The zero-order valence-electron chi connectivity index (χ0n) is 16.8. The van der Waals surface area contributed by atoms with Crippen molar-refractivity contribution in [2.75, 3.05) is 30.0 Å². The predicted molar refractivity (Wildman–Crippen MR) is 116 cm³/mol. The Kier molecular flexibility index (Phi) is 5.74. The molecule has 1 amide bonds. The van der Waals surface area contributed by atoms with Gasteiger partial charge < -0.3 is 4.90 Å². The van der Waals surface area contributed by atoms with Crippen LogP contribution < -0.4 is 4.90 Å². The van der Waals surface area contributed by atoms with E-state index in [2.05, 4.69) is 29.2 Å². The highest BCUT2D eigenvalue weighted by molar-refractivity contribution is 7.91. The monoisotopic (exact) mass is 412 g/mol. The maximum absolute atomic E-state index is 13.4. The second-order valence-corrected chi connectivity index (χ2v) is 10.4. The van der Waals surface area contributed by atoms with E-state index in [4.69, 9.17) is 0 Å². The normalized spacial score (nSPS) is 23.0. The molecule has 1 aliphatic carbocycles. The van der Waals surface area contributed by atoms with Crippen LogP contribution in [-0.4, -0.2) is 50.4 Å². The molecule has 1 aliphatic heterocycles. The van der Waals surface area contributed by atoms with Gasteiger partial charge in [0.1, 0.15) is 0 Å². The van der Waals surface area contributed by atoms with Gasteiger partial charge >= 0.3 is 0 Å². The Labute approximate surface area is 173 Å². The fraction of sp³-hybridized carbons (Fsp3) is 0.435. The van der Waals surface area contributed by atoms with Gasteiger partial charge in [-0.25, -0.2) is 8.42 Å². The van der Waals surface area contributed by atoms with Crippen molar-refractivity contribution in [1.82, 2.24) is 4.90 Å². The number of amides is 1. The highest BCUT2D eigenvalue weighted by Gasteiger charge is 2.36. The van der Waals surface area contributed by atoms with Gasteiger partial charge in [0, 0.05) is 11.7 Å². The molecule has 0 aromatic heterocycles. The second kappa shape index (κ2) is 8.28. The Morgan fingerprint density at radius 2 is 1.76 bits per heavy atom. The van der Waals surface area contributed by atoms with Crippen molar-refractivity contribution in [3.05, 3.63) is 65.7 Å². The summed E-state index contributed by atoms with van der Waals surface area (Å²) in [5, 5.41) is 0. The molecule has 5 nitrogen and oxygen atoms in total. The number of carbonyl (C=O) groups excluding carboxylic acids is 1. The number of hydrogen-bond acceptors (Lipinski definition) is 4. The highest BCUT2D eigenvalue weighted by atomic mass is 32.2. The molecule has 0 unspecified atom stereocenters. The fourth-order valence-corrected chi connectivity index (χ4v) is 6.41. The third kappa shape index (κ3) is 4.38. The van der Waals surface area contributed by atoms with Gasteiger partial charge in [0.15, 0.2) is 9.84 Å². The lowest BCUT2D eigenvalue weighted by molar-refractivity contribution is -0.120. The average Bonchev–Trinajstić information content (AvgIpc) is 3.07. The van der Waals surface area contributed by atoms with Gasteiger partial charge in [-0.1, -0.05) is 42.5 Å². The molecule has 0 N–H and O–H groups in total. The topological polar surface area (TPSA) is 57.7 Å². The van der Waals surface area contributed by atoms with E-state index in [1.54, 1.807) is 4.90 Å². The van der Waals surface area contributed by atoms with Gasteiger partial charge in [0.25, 0.3) is 0 Å². The van der Waals surface area contributed by atoms with E-state index in [-0.39, 0.29) is 36.0 Å². The summed E-state index contributed by atoms with van der Waals surface area (Å²) in [6.07, 6.45) is 3.73. The zero-order valence-corrected chi connectivity index (χ0v) is 17.6. The van der Waals surface area contributed by atoms with E-state index in [0.717, 1.165) is 24.9 Å². The molecule has 0 radical (unpaired) electrons. The minimum Gasteiger partial charge on any atom is -0.307 e. The lowest BCUT2D eigenvalue weighted by Gasteiger charge is -2.35. The van der Waals surface area contributed by atoms with E-state index in [1.807, 2.05) is 37.4 Å². The first-order chi connectivity index (χ1) is 13.9. The first-order valence-corrected chi connectivity index (χ1v) is 12.1. The van der Waals surface area contributed by atoms with Crippen molar-refractivity contribution in [3.8, 4) is 0 Å². The molecule has 0 spiro atoms. The summed E-state index contributed by atoms with van der Waals surface area (Å²) in [7, 11) is -1.08. The summed E-state index contributed by atoms with van der Waals surface area (Å²) in [6.45, 7) is 0.268. The Bertz CT molecular complexity index is 975. The number of para-hydroxylation sites is 1. The van der Waals surface area contributed by atoms with Crippen molar-refractivity contribution in [2.24, 2.45) is 0 Å². The molecule has 0 saturated carbocycles. The highest BCUT2D eigenvalue weighted by Crippen LogP contribution is 2.34. The zero-order chi connectivity index (χ0) is 20.4. The number of nitrogens with zero attached hydrogens (tertiary/aromatic N) is 2. The maximum atomic E-state index is 13.4. The summed E-state index contributed by atoms with van der Waals surface area (Å²) in [5.74, 6) is 0.160. The van der Waals surface area contributed by atoms with Crippen molar-refractivity contribution in [2.45, 2.75) is 37.8 Å². The van der Waals surface area contributed by atoms with Crippen molar-refractivity contribution < 1.29 is 13.2 Å². The first kappa shape index (κ1) is 20.1. The molecule has 1 saturated heterocycles. The van der Waals surface area contributed by atoms with Crippen LogP contribution in [0.25, 0.3) is 0 Å². The number of sulfone groups is 1. The second-order valence-electron chi connectivity index (χ2n) is 8.18. The molecule has 1 heterocycles. The fourth-order valence-electron chi connectivity index (χ4n) is 4.71. The summed E-state index contributed by atoms with van der Waals surface area (Å²) in [5.41, 5.74) is 3.45. The lowest BCUT2D eigenvalue weighted by Crippen LogP contribution is -2.46. The molecule has 2 aromatic rings. The van der Waals surface area contributed by atoms with E-state index < -0.39 is 9.84 Å². The summed E-state index contributed by atoms with van der Waals surface area (Å²) in [4.78, 5) is 17.2. The van der Waals surface area contributed by atoms with Crippen molar-refractivity contribution in [1.29, 1.82) is 0 Å². The number of carbonyl (C=O) groups is 1. The number of likely N-dealkylation sites (N-methyl/N-ethyl adjacent to an activating group) is 1. The third-order valence-corrected chi connectivity index (χ3v) is 7.88. The van der Waals surface area contributed by atoms with E-state index in [1.165, 1.54) is 11.1 Å². The number of aryl methyl sites for hydroxylation is 1. The van der Waals surface area contributed by atoms with Crippen LogP contribution in [0.1, 0.15) is 36.4 Å². The molecule has 2 aromatic carbocycles. The van der Waals surface area contributed by atoms with Gasteiger partial charge in [-0.05, 0) is 56.0 Å². The SMILES string of the molecule is CN(CC(=O)N(c1ccccc1)[C@@H]1CCS(=O)(=O)C1)[C@@H]1CCCc2ccccc21. The third-order valence-electron chi connectivity index (χ3n) is 6.13. The van der Waals surface area contributed by atoms with Crippen LogP contribution in [0.3, 0.4) is 0 Å². The summed E-state index contributed by atoms with van der Waals surface area (Å²) < 4.78 is 24.1. The quantitative estimate of drug-likeness (QED) is 0.757. The maximum Gasteiger partial charge on any atom is 0.241 e. The minimum atomic E-state index is -3.08. The van der Waals surface area contributed by atoms with Gasteiger partial charge in [-0.3, -0.25) is 9.69 Å². The Hall–Kier alpha value is -2.18. The number of fused-ring (bicyclic) bond motifs is 1.